The third-order valence-electron chi connectivity index (χ3n) is 3.01. The fraction of sp³-hybridized carbons (Fsp3) is 0.571. The highest BCUT2D eigenvalue weighted by molar-refractivity contribution is 5.27. The number of likely N-dealkylation sites (N-methyl/N-ethyl adjacent to an activating group) is 1. The summed E-state index contributed by atoms with van der Waals surface area (Å²) in [5.74, 6) is 0. The average Bonchev–Trinajstić information content (AvgIpc) is 2.17. The molecule has 0 aromatic heterocycles. The molecule has 0 atom stereocenters. The van der Waals surface area contributed by atoms with E-state index in [0.717, 1.165) is 19.6 Å². The van der Waals surface area contributed by atoms with Crippen LogP contribution in [0.5, 0.6) is 0 Å². The van der Waals surface area contributed by atoms with Gasteiger partial charge in [-0.15, -0.1) is 0 Å². The first-order chi connectivity index (χ1) is 7.45. The zero-order chi connectivity index (χ0) is 12.2. The maximum Gasteiger partial charge on any atom is 0.0102 e. The first kappa shape index (κ1) is 13.2. The van der Waals surface area contributed by atoms with E-state index >= 15 is 0 Å². The van der Waals surface area contributed by atoms with Crippen LogP contribution < -0.4 is 5.73 Å². The molecule has 0 amide bonds. The van der Waals surface area contributed by atoms with Gasteiger partial charge < -0.3 is 10.6 Å². The van der Waals surface area contributed by atoms with Crippen LogP contribution in [0.2, 0.25) is 0 Å². The molecule has 0 aliphatic rings. The summed E-state index contributed by atoms with van der Waals surface area (Å²) < 4.78 is 0. The van der Waals surface area contributed by atoms with Crippen molar-refractivity contribution < 1.29 is 0 Å². The molecular formula is C14H24N2. The van der Waals surface area contributed by atoms with E-state index in [-0.39, 0.29) is 5.41 Å². The quantitative estimate of drug-likeness (QED) is 0.824. The predicted octanol–water partition coefficient (Wildman–Crippen LogP) is 2.16. The van der Waals surface area contributed by atoms with Crippen molar-refractivity contribution in [2.75, 3.05) is 26.7 Å². The van der Waals surface area contributed by atoms with Gasteiger partial charge in [0.05, 0.1) is 0 Å². The molecule has 1 aromatic rings. The van der Waals surface area contributed by atoms with E-state index in [1.54, 1.807) is 0 Å². The third-order valence-corrected chi connectivity index (χ3v) is 3.01. The van der Waals surface area contributed by atoms with Gasteiger partial charge in [0.25, 0.3) is 0 Å². The maximum atomic E-state index is 5.57. The van der Waals surface area contributed by atoms with Crippen LogP contribution in [-0.4, -0.2) is 31.6 Å². The molecule has 0 radical (unpaired) electrons. The number of hydrogen-bond acceptors (Lipinski definition) is 2. The van der Waals surface area contributed by atoms with Gasteiger partial charge in [-0.2, -0.15) is 0 Å². The van der Waals surface area contributed by atoms with E-state index in [4.69, 9.17) is 5.73 Å². The van der Waals surface area contributed by atoms with Gasteiger partial charge in [-0.05, 0) is 19.5 Å². The predicted molar refractivity (Wildman–Crippen MR) is 70.8 cm³/mol. The fourth-order valence-electron chi connectivity index (χ4n) is 2.07. The minimum Gasteiger partial charge on any atom is -0.329 e. The van der Waals surface area contributed by atoms with E-state index < -0.39 is 0 Å². The molecule has 2 N–H and O–H groups in total. The second-order valence-electron chi connectivity index (χ2n) is 5.28. The molecule has 1 aromatic carbocycles. The Bertz CT molecular complexity index is 314. The molecule has 0 aliphatic heterocycles. The summed E-state index contributed by atoms with van der Waals surface area (Å²) in [6.45, 7) is 9.40. The topological polar surface area (TPSA) is 29.3 Å². The number of aryl methyl sites for hydroxylation is 1. The molecule has 0 unspecified atom stereocenters. The molecule has 2 heteroatoms. The van der Waals surface area contributed by atoms with Crippen molar-refractivity contribution in [1.29, 1.82) is 0 Å². The summed E-state index contributed by atoms with van der Waals surface area (Å²) in [5, 5.41) is 0. The van der Waals surface area contributed by atoms with Crippen LogP contribution in [0, 0.1) is 6.92 Å². The molecule has 0 spiro atoms. The highest BCUT2D eigenvalue weighted by Gasteiger charge is 2.21. The standard InChI is InChI=1S/C14H24N2/c1-12-5-7-13(8-6-12)14(2,3)11-16(4)10-9-15/h5-8H,9-11,15H2,1-4H3. The van der Waals surface area contributed by atoms with Crippen molar-refractivity contribution >= 4 is 0 Å². The largest absolute Gasteiger partial charge is 0.329 e. The van der Waals surface area contributed by atoms with Gasteiger partial charge in [-0.25, -0.2) is 0 Å². The van der Waals surface area contributed by atoms with E-state index in [1.165, 1.54) is 11.1 Å². The van der Waals surface area contributed by atoms with Crippen LogP contribution in [0.1, 0.15) is 25.0 Å². The lowest BCUT2D eigenvalue weighted by Gasteiger charge is -2.30. The van der Waals surface area contributed by atoms with Crippen molar-refractivity contribution in [2.45, 2.75) is 26.2 Å². The Morgan fingerprint density at radius 1 is 1.19 bits per heavy atom. The van der Waals surface area contributed by atoms with Crippen molar-refractivity contribution in [3.63, 3.8) is 0 Å². The van der Waals surface area contributed by atoms with Crippen LogP contribution >= 0.6 is 0 Å². The Morgan fingerprint density at radius 3 is 2.25 bits per heavy atom. The third kappa shape index (κ3) is 3.62. The Kier molecular flexibility index (Phi) is 4.51. The lowest BCUT2D eigenvalue weighted by Crippen LogP contribution is -2.37. The molecule has 0 fully saturated rings. The molecule has 0 bridgehead atoms. The summed E-state index contributed by atoms with van der Waals surface area (Å²) in [6.07, 6.45) is 0. The highest BCUT2D eigenvalue weighted by atomic mass is 15.1. The molecule has 0 saturated heterocycles. The van der Waals surface area contributed by atoms with Gasteiger partial charge in [0.1, 0.15) is 0 Å². The number of rotatable bonds is 5. The first-order valence-electron chi connectivity index (χ1n) is 5.91. The number of nitrogens with two attached hydrogens (primary N) is 1. The summed E-state index contributed by atoms with van der Waals surface area (Å²) in [4.78, 5) is 2.29. The van der Waals surface area contributed by atoms with Crippen LogP contribution in [0.15, 0.2) is 24.3 Å². The number of hydrogen-bond donors (Lipinski definition) is 1. The van der Waals surface area contributed by atoms with Crippen LogP contribution in [0.3, 0.4) is 0 Å². The molecule has 16 heavy (non-hydrogen) atoms. The zero-order valence-electron chi connectivity index (χ0n) is 11.0. The molecule has 0 heterocycles. The van der Waals surface area contributed by atoms with Crippen LogP contribution in [-0.2, 0) is 5.41 Å². The minimum atomic E-state index is 0.178. The molecule has 2 nitrogen and oxygen atoms in total. The molecule has 0 aliphatic carbocycles. The number of benzene rings is 1. The van der Waals surface area contributed by atoms with Gasteiger partial charge in [0, 0.05) is 25.0 Å². The molecule has 90 valence electrons. The smallest absolute Gasteiger partial charge is 0.0102 e. The summed E-state index contributed by atoms with van der Waals surface area (Å²) in [6, 6.07) is 8.82. The Balaban J connectivity index is 2.72. The lowest BCUT2D eigenvalue weighted by molar-refractivity contribution is 0.274. The minimum absolute atomic E-state index is 0.178. The zero-order valence-corrected chi connectivity index (χ0v) is 11.0. The molecule has 1 rings (SSSR count). The van der Waals surface area contributed by atoms with E-state index in [2.05, 4.69) is 57.0 Å². The van der Waals surface area contributed by atoms with Crippen LogP contribution in [0.25, 0.3) is 0 Å². The second kappa shape index (κ2) is 5.46. The Morgan fingerprint density at radius 2 is 1.75 bits per heavy atom. The van der Waals surface area contributed by atoms with E-state index in [9.17, 15) is 0 Å². The van der Waals surface area contributed by atoms with Crippen LogP contribution in [0.4, 0.5) is 0 Å². The van der Waals surface area contributed by atoms with Gasteiger partial charge in [-0.1, -0.05) is 43.7 Å². The maximum absolute atomic E-state index is 5.57. The Hall–Kier alpha value is -0.860. The van der Waals surface area contributed by atoms with Crippen molar-refractivity contribution in [3.05, 3.63) is 35.4 Å². The SMILES string of the molecule is Cc1ccc(C(C)(C)CN(C)CCN)cc1. The number of nitrogens with zero attached hydrogens (tertiary/aromatic N) is 1. The van der Waals surface area contributed by atoms with Crippen molar-refractivity contribution in [3.8, 4) is 0 Å². The normalized spacial score (nSPS) is 12.1. The molecule has 0 saturated carbocycles. The fourth-order valence-corrected chi connectivity index (χ4v) is 2.07. The summed E-state index contributed by atoms with van der Waals surface area (Å²) in [7, 11) is 2.13. The summed E-state index contributed by atoms with van der Waals surface area (Å²) in [5.41, 5.74) is 8.45. The Labute approximate surface area is 99.5 Å². The monoisotopic (exact) mass is 220 g/mol. The van der Waals surface area contributed by atoms with Gasteiger partial charge in [0.15, 0.2) is 0 Å². The molecular weight excluding hydrogens is 196 g/mol. The highest BCUT2D eigenvalue weighted by Crippen LogP contribution is 2.24. The van der Waals surface area contributed by atoms with E-state index in [0.29, 0.717) is 0 Å². The van der Waals surface area contributed by atoms with Crippen molar-refractivity contribution in [1.82, 2.24) is 4.90 Å². The lowest BCUT2D eigenvalue weighted by atomic mass is 9.84. The van der Waals surface area contributed by atoms with E-state index in [1.807, 2.05) is 0 Å². The second-order valence-corrected chi connectivity index (χ2v) is 5.28. The average molecular weight is 220 g/mol. The first-order valence-corrected chi connectivity index (χ1v) is 5.91. The van der Waals surface area contributed by atoms with Gasteiger partial charge >= 0.3 is 0 Å². The van der Waals surface area contributed by atoms with Gasteiger partial charge in [0.2, 0.25) is 0 Å². The van der Waals surface area contributed by atoms with Gasteiger partial charge in [-0.3, -0.25) is 0 Å². The van der Waals surface area contributed by atoms with Crippen molar-refractivity contribution in [2.24, 2.45) is 5.73 Å². The summed E-state index contributed by atoms with van der Waals surface area (Å²) >= 11 is 0.